The molecule has 0 unspecified atom stereocenters. The number of ketones is 1. The van der Waals surface area contributed by atoms with Crippen LogP contribution in [0.25, 0.3) is 0 Å². The SMILES string of the molecule is O=C1COc2ccc(C(=O)C3CCN(C(=O)Nc4ccc(Cl)cc4)CC3)cc2N1. The largest absolute Gasteiger partial charge is 0.482 e. The maximum absolute atomic E-state index is 12.9. The number of benzene rings is 2. The smallest absolute Gasteiger partial charge is 0.321 e. The van der Waals surface area contributed by atoms with Gasteiger partial charge in [0.15, 0.2) is 12.4 Å². The molecule has 2 heterocycles. The van der Waals surface area contributed by atoms with Gasteiger partial charge in [0.1, 0.15) is 5.75 Å². The van der Waals surface area contributed by atoms with E-state index in [0.717, 1.165) is 0 Å². The van der Waals surface area contributed by atoms with E-state index >= 15 is 0 Å². The molecule has 2 N–H and O–H groups in total. The first-order valence-corrected chi connectivity index (χ1v) is 9.80. The fourth-order valence-corrected chi connectivity index (χ4v) is 3.68. The van der Waals surface area contributed by atoms with E-state index in [9.17, 15) is 14.4 Å². The number of amides is 3. The highest BCUT2D eigenvalue weighted by molar-refractivity contribution is 6.30. The number of hydrogen-bond acceptors (Lipinski definition) is 4. The molecular weight excluding hydrogens is 394 g/mol. The molecule has 0 aliphatic carbocycles. The molecule has 0 radical (unpaired) electrons. The van der Waals surface area contributed by atoms with Crippen LogP contribution in [0.15, 0.2) is 42.5 Å². The number of fused-ring (bicyclic) bond motifs is 1. The van der Waals surface area contributed by atoms with Crippen LogP contribution in [0.1, 0.15) is 23.2 Å². The van der Waals surface area contributed by atoms with Gasteiger partial charge in [0, 0.05) is 35.3 Å². The number of carbonyl (C=O) groups is 3. The quantitative estimate of drug-likeness (QED) is 0.749. The number of urea groups is 1. The molecule has 0 saturated carbocycles. The third-order valence-corrected chi connectivity index (χ3v) is 5.40. The van der Waals surface area contributed by atoms with Crippen molar-refractivity contribution in [3.05, 3.63) is 53.1 Å². The fourth-order valence-electron chi connectivity index (χ4n) is 3.55. The van der Waals surface area contributed by atoms with Crippen molar-refractivity contribution >= 4 is 40.7 Å². The van der Waals surface area contributed by atoms with Crippen molar-refractivity contribution in [3.63, 3.8) is 0 Å². The number of carbonyl (C=O) groups excluding carboxylic acids is 3. The lowest BCUT2D eigenvalue weighted by molar-refractivity contribution is -0.118. The first-order chi connectivity index (χ1) is 14.0. The second-order valence-corrected chi connectivity index (χ2v) is 7.55. The number of halogens is 1. The Morgan fingerprint density at radius 1 is 1.10 bits per heavy atom. The molecule has 2 aliphatic heterocycles. The third-order valence-electron chi connectivity index (χ3n) is 5.15. The van der Waals surface area contributed by atoms with E-state index in [-0.39, 0.29) is 30.2 Å². The Morgan fingerprint density at radius 2 is 1.83 bits per heavy atom. The zero-order valence-electron chi connectivity index (χ0n) is 15.6. The van der Waals surface area contributed by atoms with Crippen LogP contribution in [0.3, 0.4) is 0 Å². The number of nitrogens with zero attached hydrogens (tertiary/aromatic N) is 1. The van der Waals surface area contributed by atoms with Gasteiger partial charge in [-0.15, -0.1) is 0 Å². The highest BCUT2D eigenvalue weighted by Gasteiger charge is 2.29. The van der Waals surface area contributed by atoms with Crippen LogP contribution >= 0.6 is 11.6 Å². The Balaban J connectivity index is 1.35. The Morgan fingerprint density at radius 3 is 2.55 bits per heavy atom. The van der Waals surface area contributed by atoms with E-state index in [1.165, 1.54) is 0 Å². The van der Waals surface area contributed by atoms with Crippen LogP contribution in [-0.4, -0.2) is 42.3 Å². The van der Waals surface area contributed by atoms with Gasteiger partial charge in [-0.3, -0.25) is 9.59 Å². The number of anilines is 2. The van der Waals surface area contributed by atoms with Gasteiger partial charge < -0.3 is 20.3 Å². The molecule has 8 heteroatoms. The summed E-state index contributed by atoms with van der Waals surface area (Å²) >= 11 is 5.86. The fraction of sp³-hybridized carbons (Fsp3) is 0.286. The molecule has 0 bridgehead atoms. The lowest BCUT2D eigenvalue weighted by Crippen LogP contribution is -2.42. The Kier molecular flexibility index (Phi) is 5.40. The maximum Gasteiger partial charge on any atom is 0.321 e. The van der Waals surface area contributed by atoms with Crippen LogP contribution in [0.2, 0.25) is 5.02 Å². The van der Waals surface area contributed by atoms with Gasteiger partial charge in [0.2, 0.25) is 0 Å². The first kappa shape index (κ1) is 19.3. The van der Waals surface area contributed by atoms with Gasteiger partial charge >= 0.3 is 6.03 Å². The lowest BCUT2D eigenvalue weighted by atomic mass is 9.88. The minimum atomic E-state index is -0.234. The summed E-state index contributed by atoms with van der Waals surface area (Å²) in [4.78, 5) is 38.5. The normalized spacial score (nSPS) is 16.4. The lowest BCUT2D eigenvalue weighted by Gasteiger charge is -2.31. The van der Waals surface area contributed by atoms with Gasteiger partial charge in [-0.25, -0.2) is 4.79 Å². The molecule has 0 atom stereocenters. The Labute approximate surface area is 173 Å². The van der Waals surface area contributed by atoms with Gasteiger partial charge in [0.25, 0.3) is 5.91 Å². The average Bonchev–Trinajstić information content (AvgIpc) is 2.74. The van der Waals surface area contributed by atoms with Gasteiger partial charge in [-0.1, -0.05) is 11.6 Å². The van der Waals surface area contributed by atoms with Crippen molar-refractivity contribution < 1.29 is 19.1 Å². The predicted octanol–water partition coefficient (Wildman–Crippen LogP) is 3.80. The third kappa shape index (κ3) is 4.35. The molecule has 3 amide bonds. The minimum Gasteiger partial charge on any atom is -0.482 e. The van der Waals surface area contributed by atoms with Crippen molar-refractivity contribution in [3.8, 4) is 5.75 Å². The molecule has 7 nitrogen and oxygen atoms in total. The molecule has 150 valence electrons. The molecule has 2 aromatic rings. The maximum atomic E-state index is 12.9. The summed E-state index contributed by atoms with van der Waals surface area (Å²) in [6.45, 7) is 0.984. The second-order valence-electron chi connectivity index (χ2n) is 7.11. The number of nitrogens with one attached hydrogen (secondary N) is 2. The van der Waals surface area contributed by atoms with Crippen molar-refractivity contribution in [1.82, 2.24) is 4.90 Å². The van der Waals surface area contributed by atoms with Crippen molar-refractivity contribution in [1.29, 1.82) is 0 Å². The van der Waals surface area contributed by atoms with E-state index in [1.807, 2.05) is 0 Å². The minimum absolute atomic E-state index is 0.0170. The van der Waals surface area contributed by atoms with E-state index in [4.69, 9.17) is 16.3 Å². The van der Waals surface area contributed by atoms with E-state index < -0.39 is 0 Å². The predicted molar refractivity (Wildman–Crippen MR) is 110 cm³/mol. The average molecular weight is 414 g/mol. The first-order valence-electron chi connectivity index (χ1n) is 9.42. The summed E-state index contributed by atoms with van der Waals surface area (Å²) in [5.41, 5.74) is 1.74. The monoisotopic (exact) mass is 413 g/mol. The molecular formula is C21H20ClN3O4. The van der Waals surface area contributed by atoms with Crippen LogP contribution in [0.5, 0.6) is 5.75 Å². The Hall–Kier alpha value is -3.06. The number of Topliss-reactive ketones (excluding diaryl/α,β-unsaturated/α-hetero) is 1. The zero-order valence-corrected chi connectivity index (χ0v) is 16.4. The van der Waals surface area contributed by atoms with Crippen molar-refractivity contribution in [2.45, 2.75) is 12.8 Å². The summed E-state index contributed by atoms with van der Waals surface area (Å²) < 4.78 is 5.33. The molecule has 0 spiro atoms. The van der Waals surface area contributed by atoms with Crippen molar-refractivity contribution in [2.24, 2.45) is 5.92 Å². The van der Waals surface area contributed by atoms with Crippen molar-refractivity contribution in [2.75, 3.05) is 30.3 Å². The topological polar surface area (TPSA) is 87.7 Å². The molecule has 1 saturated heterocycles. The number of ether oxygens (including phenoxy) is 1. The highest BCUT2D eigenvalue weighted by Crippen LogP contribution is 2.31. The van der Waals surface area contributed by atoms with Crippen LogP contribution < -0.4 is 15.4 Å². The molecule has 29 heavy (non-hydrogen) atoms. The van der Waals surface area contributed by atoms with Gasteiger partial charge in [-0.05, 0) is 55.3 Å². The summed E-state index contributed by atoms with van der Waals surface area (Å²) in [5.74, 6) is 0.190. The van der Waals surface area contributed by atoms with Gasteiger partial charge in [0.05, 0.1) is 5.69 Å². The van der Waals surface area contributed by atoms with E-state index in [1.54, 1.807) is 47.4 Å². The van der Waals surface area contributed by atoms with Crippen LogP contribution in [0, 0.1) is 5.92 Å². The Bertz CT molecular complexity index is 953. The van der Waals surface area contributed by atoms with Crippen LogP contribution in [0.4, 0.5) is 16.2 Å². The van der Waals surface area contributed by atoms with E-state index in [2.05, 4.69) is 10.6 Å². The van der Waals surface area contributed by atoms with Gasteiger partial charge in [-0.2, -0.15) is 0 Å². The number of likely N-dealkylation sites (tertiary alicyclic amines) is 1. The van der Waals surface area contributed by atoms with E-state index in [0.29, 0.717) is 53.6 Å². The summed E-state index contributed by atoms with van der Waals surface area (Å²) in [7, 11) is 0. The second kappa shape index (κ2) is 8.13. The molecule has 2 aromatic carbocycles. The number of piperidine rings is 1. The standard InChI is InChI=1S/C21H20ClN3O4/c22-15-2-4-16(5-3-15)23-21(28)25-9-7-13(8-10-25)20(27)14-1-6-18-17(11-14)24-19(26)12-29-18/h1-6,11,13H,7-10,12H2,(H,23,28)(H,24,26). The van der Waals surface area contributed by atoms with Crippen LogP contribution in [-0.2, 0) is 4.79 Å². The highest BCUT2D eigenvalue weighted by atomic mass is 35.5. The molecule has 0 aromatic heterocycles. The summed E-state index contributed by atoms with van der Waals surface area (Å²) in [5, 5.41) is 6.17. The number of rotatable bonds is 3. The summed E-state index contributed by atoms with van der Waals surface area (Å²) in [6, 6.07) is 11.8. The zero-order chi connectivity index (χ0) is 20.4. The molecule has 2 aliphatic rings. The number of hydrogen-bond donors (Lipinski definition) is 2. The molecule has 1 fully saturated rings. The summed E-state index contributed by atoms with van der Waals surface area (Å²) in [6.07, 6.45) is 1.18. The molecule has 4 rings (SSSR count).